The number of piperidine rings is 1. The fraction of sp³-hybridized carbons (Fsp3) is 0.519. The molecule has 2 aromatic rings. The van der Waals surface area contributed by atoms with Gasteiger partial charge in [-0.05, 0) is 49.3 Å². The highest BCUT2D eigenvalue weighted by Gasteiger charge is 2.56. The number of carbonyl (C=O) groups is 2. The number of hydrogen-bond acceptors (Lipinski definition) is 6. The molecule has 1 saturated carbocycles. The van der Waals surface area contributed by atoms with Gasteiger partial charge in [0.15, 0.2) is 0 Å². The average molecular weight is 556 g/mol. The molecule has 8 nitrogen and oxygen atoms in total. The van der Waals surface area contributed by atoms with Crippen LogP contribution in [0.5, 0.6) is 0 Å². The molecule has 36 heavy (non-hydrogen) atoms. The summed E-state index contributed by atoms with van der Waals surface area (Å²) in [7, 11) is 1.81. The van der Waals surface area contributed by atoms with Crippen molar-refractivity contribution in [1.29, 1.82) is 0 Å². The topological polar surface area (TPSA) is 104 Å². The summed E-state index contributed by atoms with van der Waals surface area (Å²) in [6, 6.07) is 5.56. The van der Waals surface area contributed by atoms with Crippen molar-refractivity contribution in [2.45, 2.75) is 45.6 Å². The van der Waals surface area contributed by atoms with E-state index >= 15 is 0 Å². The number of nitrogens with zero attached hydrogens (tertiary/aromatic N) is 3. The van der Waals surface area contributed by atoms with Crippen LogP contribution in [0.15, 0.2) is 35.1 Å². The van der Waals surface area contributed by atoms with Crippen LogP contribution in [-0.4, -0.2) is 65.9 Å². The van der Waals surface area contributed by atoms with E-state index in [1.807, 2.05) is 35.0 Å². The molecule has 3 heterocycles. The Balaban J connectivity index is 1.37. The van der Waals surface area contributed by atoms with Crippen LogP contribution >= 0.6 is 15.9 Å². The zero-order chi connectivity index (χ0) is 25.7. The van der Waals surface area contributed by atoms with Gasteiger partial charge in [0.2, 0.25) is 0 Å². The molecular formula is C27H35BrN6O2. The Morgan fingerprint density at radius 2 is 1.78 bits per heavy atom. The van der Waals surface area contributed by atoms with Gasteiger partial charge < -0.3 is 26.2 Å². The fourth-order valence-corrected chi connectivity index (χ4v) is 5.96. The van der Waals surface area contributed by atoms with Gasteiger partial charge in [0, 0.05) is 55.5 Å². The molecule has 2 aliphatic heterocycles. The van der Waals surface area contributed by atoms with E-state index in [2.05, 4.69) is 45.4 Å². The van der Waals surface area contributed by atoms with Crippen molar-refractivity contribution >= 4 is 44.8 Å². The molecule has 0 bridgehead atoms. The Bertz CT molecular complexity index is 1180. The quantitative estimate of drug-likeness (QED) is 0.472. The summed E-state index contributed by atoms with van der Waals surface area (Å²) in [5, 5.41) is 6.68. The molecule has 1 atom stereocenters. The van der Waals surface area contributed by atoms with Gasteiger partial charge in [-0.1, -0.05) is 29.8 Å². The summed E-state index contributed by atoms with van der Waals surface area (Å²) >= 11 is 3.53. The van der Waals surface area contributed by atoms with Gasteiger partial charge in [-0.3, -0.25) is 14.6 Å². The third-order valence-corrected chi connectivity index (χ3v) is 8.65. The Labute approximate surface area is 221 Å². The first kappa shape index (κ1) is 24.9. The molecule has 5 rings (SSSR count). The maximum atomic E-state index is 13.6. The second-order valence-electron chi connectivity index (χ2n) is 11.3. The lowest BCUT2D eigenvalue weighted by molar-refractivity contribution is 0.0630. The Kier molecular flexibility index (Phi) is 6.39. The van der Waals surface area contributed by atoms with Gasteiger partial charge in [-0.2, -0.15) is 0 Å². The van der Waals surface area contributed by atoms with E-state index in [0.717, 1.165) is 48.9 Å². The van der Waals surface area contributed by atoms with E-state index in [0.29, 0.717) is 35.6 Å². The van der Waals surface area contributed by atoms with Crippen molar-refractivity contribution in [1.82, 2.24) is 14.8 Å². The molecule has 2 saturated heterocycles. The second-order valence-corrected chi connectivity index (χ2v) is 12.2. The van der Waals surface area contributed by atoms with Gasteiger partial charge in [0.05, 0.1) is 34.2 Å². The van der Waals surface area contributed by atoms with E-state index in [4.69, 9.17) is 5.73 Å². The second kappa shape index (κ2) is 9.25. The van der Waals surface area contributed by atoms with Crippen LogP contribution < -0.4 is 16.4 Å². The first-order valence-corrected chi connectivity index (χ1v) is 13.5. The standard InChI is InChI=1S/C27H35BrN6O2/c1-26(2)6-8-33(9-7-26)25(36)20-11-18(28)12-21(29)23(20)32-22-15-34(16-27(22)4-5-27)24(35)17-10-19(30-3)14-31-13-17/h10-14,22,30,32H,4-9,15-16,29H2,1-3H3/t22-/m0/s1. The number of rotatable bonds is 5. The van der Waals surface area contributed by atoms with Crippen molar-refractivity contribution in [3.05, 3.63) is 46.2 Å². The zero-order valence-corrected chi connectivity index (χ0v) is 22.8. The number of halogens is 1. The molecule has 0 radical (unpaired) electrons. The number of carbonyl (C=O) groups excluding carboxylic acids is 2. The first-order valence-electron chi connectivity index (χ1n) is 12.7. The van der Waals surface area contributed by atoms with Crippen LogP contribution in [0.4, 0.5) is 17.1 Å². The largest absolute Gasteiger partial charge is 0.397 e. The van der Waals surface area contributed by atoms with Gasteiger partial charge >= 0.3 is 0 Å². The predicted octanol–water partition coefficient (Wildman–Crippen LogP) is 4.45. The van der Waals surface area contributed by atoms with Crippen LogP contribution in [-0.2, 0) is 0 Å². The predicted molar refractivity (Wildman–Crippen MR) is 146 cm³/mol. The lowest BCUT2D eigenvalue weighted by Gasteiger charge is -2.37. The Morgan fingerprint density at radius 3 is 2.44 bits per heavy atom. The molecule has 3 fully saturated rings. The van der Waals surface area contributed by atoms with Crippen molar-refractivity contribution in [2.75, 3.05) is 49.6 Å². The summed E-state index contributed by atoms with van der Waals surface area (Å²) in [6.07, 6.45) is 7.38. The molecule has 4 N–H and O–H groups in total. The monoisotopic (exact) mass is 554 g/mol. The number of likely N-dealkylation sites (tertiary alicyclic amines) is 2. The SMILES string of the molecule is CNc1cncc(C(=O)N2C[C@H](Nc3c(N)cc(Br)cc3C(=O)N3CCC(C)(C)CC3)C3(CC3)C2)c1. The molecule has 9 heteroatoms. The maximum absolute atomic E-state index is 13.6. The van der Waals surface area contributed by atoms with Crippen molar-refractivity contribution in [2.24, 2.45) is 10.8 Å². The van der Waals surface area contributed by atoms with Crippen LogP contribution in [0.25, 0.3) is 0 Å². The number of hydrogen-bond donors (Lipinski definition) is 3. The maximum Gasteiger partial charge on any atom is 0.256 e. The van der Waals surface area contributed by atoms with E-state index in [1.165, 1.54) is 0 Å². The molecule has 1 spiro atoms. The summed E-state index contributed by atoms with van der Waals surface area (Å²) in [4.78, 5) is 35.0. The number of nitrogens with one attached hydrogen (secondary N) is 2. The van der Waals surface area contributed by atoms with Crippen molar-refractivity contribution in [3.8, 4) is 0 Å². The minimum Gasteiger partial charge on any atom is -0.397 e. The third-order valence-electron chi connectivity index (χ3n) is 8.19. The highest BCUT2D eigenvalue weighted by atomic mass is 79.9. The molecule has 1 aliphatic carbocycles. The molecule has 1 aromatic heterocycles. The summed E-state index contributed by atoms with van der Waals surface area (Å²) < 4.78 is 0.785. The highest BCUT2D eigenvalue weighted by molar-refractivity contribution is 9.10. The molecule has 192 valence electrons. The minimum atomic E-state index is -0.0221. The smallest absolute Gasteiger partial charge is 0.256 e. The summed E-state index contributed by atoms with van der Waals surface area (Å²) in [6.45, 7) is 7.25. The van der Waals surface area contributed by atoms with Crippen molar-refractivity contribution < 1.29 is 9.59 Å². The number of nitrogen functional groups attached to an aromatic ring is 1. The fourth-order valence-electron chi connectivity index (χ4n) is 5.48. The summed E-state index contributed by atoms with van der Waals surface area (Å²) in [5.74, 6) is -0.0158. The highest BCUT2D eigenvalue weighted by Crippen LogP contribution is 2.54. The van der Waals surface area contributed by atoms with E-state index in [-0.39, 0.29) is 28.7 Å². The van der Waals surface area contributed by atoms with E-state index < -0.39 is 0 Å². The lowest BCUT2D eigenvalue weighted by Crippen LogP contribution is -2.41. The zero-order valence-electron chi connectivity index (χ0n) is 21.2. The van der Waals surface area contributed by atoms with Gasteiger partial charge in [-0.15, -0.1) is 0 Å². The molecular weight excluding hydrogens is 520 g/mol. The lowest BCUT2D eigenvalue weighted by atomic mass is 9.82. The number of anilines is 3. The molecule has 1 aromatic carbocycles. The van der Waals surface area contributed by atoms with E-state index in [9.17, 15) is 9.59 Å². The van der Waals surface area contributed by atoms with Gasteiger partial charge in [0.25, 0.3) is 11.8 Å². The van der Waals surface area contributed by atoms with Crippen LogP contribution in [0, 0.1) is 10.8 Å². The number of benzene rings is 1. The summed E-state index contributed by atoms with van der Waals surface area (Å²) in [5.41, 5.74) is 9.94. The Hall–Kier alpha value is -2.81. The first-order chi connectivity index (χ1) is 17.1. The average Bonchev–Trinajstić information content (AvgIpc) is 3.54. The van der Waals surface area contributed by atoms with Crippen LogP contribution in [0.2, 0.25) is 0 Å². The minimum absolute atomic E-state index is 0.00623. The van der Waals surface area contributed by atoms with Gasteiger partial charge in [-0.25, -0.2) is 0 Å². The molecule has 0 unspecified atom stereocenters. The van der Waals surface area contributed by atoms with Gasteiger partial charge in [0.1, 0.15) is 0 Å². The van der Waals surface area contributed by atoms with Crippen LogP contribution in [0.3, 0.4) is 0 Å². The Morgan fingerprint density at radius 1 is 1.06 bits per heavy atom. The molecule has 3 aliphatic rings. The third kappa shape index (κ3) is 4.77. The molecule has 2 amide bonds. The van der Waals surface area contributed by atoms with Crippen molar-refractivity contribution in [3.63, 3.8) is 0 Å². The number of pyridine rings is 1. The normalized spacial score (nSPS) is 21.9. The number of aromatic nitrogens is 1. The van der Waals surface area contributed by atoms with E-state index in [1.54, 1.807) is 12.4 Å². The number of nitrogens with two attached hydrogens (primary N) is 1. The number of amides is 2. The van der Waals surface area contributed by atoms with Crippen LogP contribution in [0.1, 0.15) is 60.2 Å².